The lowest BCUT2D eigenvalue weighted by Crippen LogP contribution is -2.44. The number of rotatable bonds is 12. The van der Waals surface area contributed by atoms with Crippen molar-refractivity contribution in [2.24, 2.45) is 22.2 Å². The van der Waals surface area contributed by atoms with Crippen molar-refractivity contribution >= 4 is 17.8 Å². The maximum atomic E-state index is 12.7. The Balaban J connectivity index is 2.01. The molecule has 0 aliphatic rings. The van der Waals surface area contributed by atoms with E-state index in [1.54, 1.807) is 18.2 Å². The smallest absolute Gasteiger partial charge is 0.252 e. The van der Waals surface area contributed by atoms with Crippen molar-refractivity contribution in [1.82, 2.24) is 5.32 Å². The Morgan fingerprint density at radius 3 is 2.41 bits per heavy atom. The van der Waals surface area contributed by atoms with E-state index in [2.05, 4.69) is 22.4 Å². The highest BCUT2D eigenvalue weighted by Crippen LogP contribution is 2.28. The summed E-state index contributed by atoms with van der Waals surface area (Å²) in [5, 5.41) is 2.65. The summed E-state index contributed by atoms with van der Waals surface area (Å²) in [6, 6.07) is 12.2. The van der Waals surface area contributed by atoms with Crippen molar-refractivity contribution in [3.63, 3.8) is 0 Å². The summed E-state index contributed by atoms with van der Waals surface area (Å²) in [5.41, 5.74) is 18.7. The molecule has 0 aromatic heterocycles. The first-order valence-electron chi connectivity index (χ1n) is 10.3. The summed E-state index contributed by atoms with van der Waals surface area (Å²) in [7, 11) is 1.53. The molecule has 0 aliphatic heterocycles. The third-order valence-corrected chi connectivity index (χ3v) is 4.79. The van der Waals surface area contributed by atoms with Gasteiger partial charge in [-0.05, 0) is 43.5 Å². The Labute approximate surface area is 188 Å². The minimum absolute atomic E-state index is 0.0298. The van der Waals surface area contributed by atoms with Crippen LogP contribution in [0.2, 0.25) is 0 Å². The quantitative estimate of drug-likeness (QED) is 0.221. The van der Waals surface area contributed by atoms with E-state index in [0.29, 0.717) is 49.5 Å². The molecule has 0 heterocycles. The molecule has 1 atom stereocenters. The van der Waals surface area contributed by atoms with Crippen LogP contribution in [-0.2, 0) is 11.2 Å². The number of aryl methyl sites for hydroxylation is 1. The van der Waals surface area contributed by atoms with Gasteiger partial charge in [-0.2, -0.15) is 0 Å². The van der Waals surface area contributed by atoms with Crippen LogP contribution in [-0.4, -0.2) is 44.1 Å². The number of hydrogen-bond donors (Lipinski definition) is 4. The van der Waals surface area contributed by atoms with Gasteiger partial charge in [0.05, 0.1) is 13.7 Å². The van der Waals surface area contributed by atoms with Gasteiger partial charge in [-0.1, -0.05) is 29.8 Å². The lowest BCUT2D eigenvalue weighted by Gasteiger charge is -2.16. The Bertz CT molecular complexity index is 940. The van der Waals surface area contributed by atoms with Crippen LogP contribution in [0, 0.1) is 6.92 Å². The lowest BCUT2D eigenvalue weighted by molar-refractivity contribution is -0.120. The number of primary amides is 1. The van der Waals surface area contributed by atoms with Gasteiger partial charge in [0.1, 0.15) is 6.04 Å². The van der Waals surface area contributed by atoms with Crippen LogP contribution in [0.3, 0.4) is 0 Å². The molecule has 2 aromatic rings. The number of aliphatic imine (C=N–C) groups is 1. The van der Waals surface area contributed by atoms with E-state index in [9.17, 15) is 9.59 Å². The topological polar surface area (TPSA) is 155 Å². The fourth-order valence-electron chi connectivity index (χ4n) is 3.00. The number of amides is 2. The van der Waals surface area contributed by atoms with E-state index in [1.165, 1.54) is 12.7 Å². The first kappa shape index (κ1) is 24.5. The van der Waals surface area contributed by atoms with E-state index in [0.717, 1.165) is 5.56 Å². The van der Waals surface area contributed by atoms with Crippen molar-refractivity contribution in [3.8, 4) is 11.5 Å². The van der Waals surface area contributed by atoms with Gasteiger partial charge < -0.3 is 32.0 Å². The molecule has 0 bridgehead atoms. The fraction of sp³-hybridized carbons (Fsp3) is 0.348. The van der Waals surface area contributed by atoms with Gasteiger partial charge in [-0.3, -0.25) is 14.6 Å². The number of guanidine groups is 1. The van der Waals surface area contributed by atoms with Crippen LogP contribution in [0.4, 0.5) is 0 Å². The Hall–Kier alpha value is -3.75. The van der Waals surface area contributed by atoms with E-state index in [-0.39, 0.29) is 5.96 Å². The van der Waals surface area contributed by atoms with Crippen LogP contribution >= 0.6 is 0 Å². The second-order valence-electron chi connectivity index (χ2n) is 7.33. The van der Waals surface area contributed by atoms with Crippen molar-refractivity contribution in [3.05, 3.63) is 59.2 Å². The summed E-state index contributed by atoms with van der Waals surface area (Å²) in [6.45, 7) is 2.79. The number of ether oxygens (including phenoxy) is 2. The molecule has 7 N–H and O–H groups in total. The maximum absolute atomic E-state index is 12.7. The molecule has 2 rings (SSSR count). The molecule has 9 heteroatoms. The molecule has 0 fully saturated rings. The number of nitrogens with zero attached hydrogens (tertiary/aromatic N) is 1. The summed E-state index contributed by atoms with van der Waals surface area (Å²) in [4.78, 5) is 28.3. The van der Waals surface area contributed by atoms with Crippen LogP contribution in [0.25, 0.3) is 0 Å². The number of hydrogen-bond acceptors (Lipinski definition) is 5. The van der Waals surface area contributed by atoms with E-state index in [4.69, 9.17) is 26.7 Å². The molecule has 0 spiro atoms. The molecule has 0 unspecified atom stereocenters. The number of nitrogens with two attached hydrogens (primary N) is 3. The van der Waals surface area contributed by atoms with Crippen LogP contribution in [0.1, 0.15) is 34.3 Å². The van der Waals surface area contributed by atoms with Crippen molar-refractivity contribution in [2.75, 3.05) is 20.3 Å². The largest absolute Gasteiger partial charge is 0.493 e. The minimum Gasteiger partial charge on any atom is -0.493 e. The number of carbonyl (C=O) groups excluding carboxylic acids is 2. The molecule has 172 valence electrons. The molecule has 2 aromatic carbocycles. The number of benzene rings is 2. The summed E-state index contributed by atoms with van der Waals surface area (Å²) >= 11 is 0. The monoisotopic (exact) mass is 441 g/mol. The second-order valence-corrected chi connectivity index (χ2v) is 7.33. The molecular weight excluding hydrogens is 410 g/mol. The number of nitrogens with one attached hydrogen (secondary N) is 1. The Morgan fingerprint density at radius 2 is 1.78 bits per heavy atom. The Morgan fingerprint density at radius 1 is 1.06 bits per heavy atom. The molecular formula is C23H31N5O4. The van der Waals surface area contributed by atoms with Crippen LogP contribution < -0.4 is 32.0 Å². The minimum atomic E-state index is -0.843. The van der Waals surface area contributed by atoms with E-state index < -0.39 is 17.9 Å². The zero-order valence-electron chi connectivity index (χ0n) is 18.5. The summed E-state index contributed by atoms with van der Waals surface area (Å²) < 4.78 is 11.2. The lowest BCUT2D eigenvalue weighted by atomic mass is 10.1. The molecule has 9 nitrogen and oxygen atoms in total. The first-order chi connectivity index (χ1) is 15.3. The van der Waals surface area contributed by atoms with Gasteiger partial charge in [0.15, 0.2) is 17.5 Å². The normalized spacial score (nSPS) is 11.3. The highest BCUT2D eigenvalue weighted by atomic mass is 16.5. The van der Waals surface area contributed by atoms with E-state index in [1.807, 2.05) is 19.1 Å². The molecule has 0 saturated carbocycles. The predicted octanol–water partition coefficient (Wildman–Crippen LogP) is 1.26. The maximum Gasteiger partial charge on any atom is 0.252 e. The average molecular weight is 442 g/mol. The third kappa shape index (κ3) is 7.82. The highest BCUT2D eigenvalue weighted by molar-refractivity contribution is 5.97. The third-order valence-electron chi connectivity index (χ3n) is 4.79. The summed E-state index contributed by atoms with van der Waals surface area (Å²) in [5.74, 6) is -0.157. The zero-order valence-corrected chi connectivity index (χ0v) is 18.5. The molecule has 32 heavy (non-hydrogen) atoms. The number of carbonyl (C=O) groups is 2. The molecule has 2 amide bonds. The second kappa shape index (κ2) is 12.2. The van der Waals surface area contributed by atoms with Crippen molar-refractivity contribution < 1.29 is 19.1 Å². The van der Waals surface area contributed by atoms with Gasteiger partial charge >= 0.3 is 0 Å². The molecule has 0 saturated heterocycles. The fourth-order valence-corrected chi connectivity index (χ4v) is 3.00. The highest BCUT2D eigenvalue weighted by Gasteiger charge is 2.19. The average Bonchev–Trinajstić information content (AvgIpc) is 2.76. The standard InChI is InChI=1S/C23H31N5O4/c1-15-5-7-16(8-6-15)11-13-32-20-14-17(9-10-19(20)31-2)22(30)28-18(21(24)29)4-3-12-27-23(25)26/h5-10,14,18H,3-4,11-13H2,1-2H3,(H2,24,29)(H,28,30)(H4,25,26,27)/t18-/m0/s1. The SMILES string of the molecule is COc1ccc(C(=O)N[C@@H](CCCN=C(N)N)C(N)=O)cc1OCCc1ccc(C)cc1. The van der Waals surface area contributed by atoms with Crippen molar-refractivity contribution in [2.45, 2.75) is 32.2 Å². The van der Waals surface area contributed by atoms with Crippen molar-refractivity contribution in [1.29, 1.82) is 0 Å². The molecule has 0 radical (unpaired) electrons. The van der Waals surface area contributed by atoms with Gasteiger partial charge in [-0.15, -0.1) is 0 Å². The van der Waals surface area contributed by atoms with Crippen LogP contribution in [0.5, 0.6) is 11.5 Å². The summed E-state index contributed by atoms with van der Waals surface area (Å²) in [6.07, 6.45) is 1.51. The first-order valence-corrected chi connectivity index (χ1v) is 10.3. The van der Waals surface area contributed by atoms with Gasteiger partial charge in [0.25, 0.3) is 5.91 Å². The van der Waals surface area contributed by atoms with Gasteiger partial charge in [0, 0.05) is 18.5 Å². The number of methoxy groups -OCH3 is 1. The Kier molecular flexibility index (Phi) is 9.34. The van der Waals surface area contributed by atoms with Gasteiger partial charge in [0.2, 0.25) is 5.91 Å². The molecule has 0 aliphatic carbocycles. The zero-order chi connectivity index (χ0) is 23.5. The van der Waals surface area contributed by atoms with Gasteiger partial charge in [-0.25, -0.2) is 0 Å². The van der Waals surface area contributed by atoms with E-state index >= 15 is 0 Å². The predicted molar refractivity (Wildman–Crippen MR) is 124 cm³/mol. The van der Waals surface area contributed by atoms with Crippen LogP contribution in [0.15, 0.2) is 47.5 Å².